The van der Waals surface area contributed by atoms with Crippen LogP contribution >= 0.6 is 0 Å². The van der Waals surface area contributed by atoms with Gasteiger partial charge in [-0.25, -0.2) is 13.5 Å². The third-order valence-electron chi connectivity index (χ3n) is 4.91. The number of carbonyl (C=O) groups excluding carboxylic acids is 1. The van der Waals surface area contributed by atoms with Gasteiger partial charge in [0, 0.05) is 24.2 Å². The van der Waals surface area contributed by atoms with E-state index in [-0.39, 0.29) is 24.1 Å². The predicted molar refractivity (Wildman–Crippen MR) is 96.2 cm³/mol. The van der Waals surface area contributed by atoms with E-state index in [1.165, 1.54) is 16.9 Å². The Kier molecular flexibility index (Phi) is 4.24. The standard InChI is InChI=1S/C20H17F2N3O2/c1-12-16(9-23-25(12)19-7-6-14(21)8-17(19)22)20(27)24-10-13(11-26)15-4-2-3-5-18(15)24/h2-9,13,26H,10-11H2,1H3. The SMILES string of the molecule is Cc1c(C(=O)N2CC(CO)c3ccccc32)cnn1-c1ccc(F)cc1F. The lowest BCUT2D eigenvalue weighted by molar-refractivity contribution is 0.0986. The Morgan fingerprint density at radius 2 is 2.00 bits per heavy atom. The Hall–Kier alpha value is -3.06. The molecule has 2 aromatic carbocycles. The van der Waals surface area contributed by atoms with Gasteiger partial charge in [-0.1, -0.05) is 18.2 Å². The van der Waals surface area contributed by atoms with E-state index >= 15 is 0 Å². The first-order chi connectivity index (χ1) is 13.0. The fourth-order valence-electron chi connectivity index (χ4n) is 3.50. The summed E-state index contributed by atoms with van der Waals surface area (Å²) in [4.78, 5) is 14.7. The number of halogens is 2. The molecule has 2 heterocycles. The second-order valence-electron chi connectivity index (χ2n) is 6.51. The molecule has 0 aliphatic carbocycles. The van der Waals surface area contributed by atoms with E-state index in [1.54, 1.807) is 11.8 Å². The molecular weight excluding hydrogens is 352 g/mol. The minimum atomic E-state index is -0.757. The van der Waals surface area contributed by atoms with Crippen molar-refractivity contribution in [2.75, 3.05) is 18.1 Å². The van der Waals surface area contributed by atoms with Crippen LogP contribution in [0, 0.1) is 18.6 Å². The summed E-state index contributed by atoms with van der Waals surface area (Å²) in [7, 11) is 0. The van der Waals surface area contributed by atoms with Crippen LogP contribution in [0.1, 0.15) is 27.5 Å². The summed E-state index contributed by atoms with van der Waals surface area (Å²) in [5, 5.41) is 13.7. The Bertz CT molecular complexity index is 1030. The van der Waals surface area contributed by atoms with Gasteiger partial charge in [-0.15, -0.1) is 0 Å². The lowest BCUT2D eigenvalue weighted by atomic mass is 10.0. The molecule has 5 nitrogen and oxygen atoms in total. The minimum Gasteiger partial charge on any atom is -0.396 e. The first-order valence-corrected chi connectivity index (χ1v) is 8.53. The summed E-state index contributed by atoms with van der Waals surface area (Å²) in [5.74, 6) is -1.85. The molecule has 0 saturated carbocycles. The van der Waals surface area contributed by atoms with Crippen LogP contribution in [-0.4, -0.2) is 33.9 Å². The molecule has 0 spiro atoms. The molecular formula is C20H17F2N3O2. The maximum Gasteiger partial charge on any atom is 0.261 e. The number of anilines is 1. The molecule has 0 saturated heterocycles. The van der Waals surface area contributed by atoms with Crippen LogP contribution < -0.4 is 4.90 Å². The van der Waals surface area contributed by atoms with Gasteiger partial charge in [0.05, 0.1) is 24.1 Å². The third kappa shape index (κ3) is 2.80. The number of carbonyl (C=O) groups is 1. The summed E-state index contributed by atoms with van der Waals surface area (Å²) >= 11 is 0. The maximum absolute atomic E-state index is 14.1. The molecule has 0 bridgehead atoms. The smallest absolute Gasteiger partial charge is 0.261 e. The second kappa shape index (κ2) is 6.59. The van der Waals surface area contributed by atoms with E-state index in [9.17, 15) is 18.7 Å². The molecule has 0 fully saturated rings. The molecule has 27 heavy (non-hydrogen) atoms. The molecule has 138 valence electrons. The van der Waals surface area contributed by atoms with Gasteiger partial charge >= 0.3 is 0 Å². The fraction of sp³-hybridized carbons (Fsp3) is 0.200. The van der Waals surface area contributed by atoms with Crippen molar-refractivity contribution in [3.63, 3.8) is 0 Å². The summed E-state index contributed by atoms with van der Waals surface area (Å²) in [6.45, 7) is 1.97. The third-order valence-corrected chi connectivity index (χ3v) is 4.91. The first kappa shape index (κ1) is 17.4. The number of aliphatic hydroxyl groups excluding tert-OH is 1. The van der Waals surface area contributed by atoms with Crippen molar-refractivity contribution in [2.24, 2.45) is 0 Å². The predicted octanol–water partition coefficient (Wildman–Crippen LogP) is 3.20. The Morgan fingerprint density at radius 3 is 2.74 bits per heavy atom. The quantitative estimate of drug-likeness (QED) is 0.771. The summed E-state index contributed by atoms with van der Waals surface area (Å²) in [5.41, 5.74) is 2.52. The summed E-state index contributed by atoms with van der Waals surface area (Å²) < 4.78 is 28.5. The van der Waals surface area contributed by atoms with Crippen molar-refractivity contribution in [2.45, 2.75) is 12.8 Å². The normalized spacial score (nSPS) is 15.9. The van der Waals surface area contributed by atoms with Gasteiger partial charge in [0.15, 0.2) is 5.82 Å². The molecule has 1 amide bonds. The highest BCUT2D eigenvalue weighted by Crippen LogP contribution is 2.37. The summed E-state index contributed by atoms with van der Waals surface area (Å²) in [6, 6.07) is 10.6. The first-order valence-electron chi connectivity index (χ1n) is 8.53. The number of amides is 1. The van der Waals surface area contributed by atoms with Crippen molar-refractivity contribution in [1.82, 2.24) is 9.78 Å². The van der Waals surface area contributed by atoms with E-state index in [0.29, 0.717) is 17.8 Å². The molecule has 1 aromatic heterocycles. The molecule has 1 atom stereocenters. The van der Waals surface area contributed by atoms with Crippen LogP contribution in [0.3, 0.4) is 0 Å². The average Bonchev–Trinajstić information content (AvgIpc) is 3.22. The van der Waals surface area contributed by atoms with Gasteiger partial charge in [-0.3, -0.25) is 4.79 Å². The van der Waals surface area contributed by atoms with Crippen molar-refractivity contribution < 1.29 is 18.7 Å². The molecule has 4 rings (SSSR count). The highest BCUT2D eigenvalue weighted by Gasteiger charge is 2.33. The van der Waals surface area contributed by atoms with Gasteiger partial charge in [0.2, 0.25) is 0 Å². The monoisotopic (exact) mass is 369 g/mol. The van der Waals surface area contributed by atoms with Crippen LogP contribution in [0.2, 0.25) is 0 Å². The minimum absolute atomic E-state index is 0.0557. The number of para-hydroxylation sites is 1. The number of fused-ring (bicyclic) bond motifs is 1. The van der Waals surface area contributed by atoms with Gasteiger partial charge in [-0.05, 0) is 30.7 Å². The number of aliphatic hydroxyl groups is 1. The second-order valence-corrected chi connectivity index (χ2v) is 6.51. The zero-order chi connectivity index (χ0) is 19.1. The Morgan fingerprint density at radius 1 is 1.22 bits per heavy atom. The molecule has 1 N–H and O–H groups in total. The molecule has 1 unspecified atom stereocenters. The largest absolute Gasteiger partial charge is 0.396 e. The molecule has 1 aliphatic heterocycles. The van der Waals surface area contributed by atoms with E-state index < -0.39 is 11.6 Å². The van der Waals surface area contributed by atoms with Gasteiger partial charge < -0.3 is 10.0 Å². The van der Waals surface area contributed by atoms with Crippen molar-refractivity contribution in [3.05, 3.63) is 77.1 Å². The number of aromatic nitrogens is 2. The van der Waals surface area contributed by atoms with Crippen LogP contribution in [0.5, 0.6) is 0 Å². The Balaban J connectivity index is 1.71. The van der Waals surface area contributed by atoms with E-state index in [1.807, 2.05) is 24.3 Å². The topological polar surface area (TPSA) is 58.4 Å². The Labute approximate surface area is 154 Å². The highest BCUT2D eigenvalue weighted by atomic mass is 19.1. The highest BCUT2D eigenvalue weighted by molar-refractivity contribution is 6.08. The van der Waals surface area contributed by atoms with Crippen molar-refractivity contribution in [1.29, 1.82) is 0 Å². The number of nitrogens with zero attached hydrogens (tertiary/aromatic N) is 3. The van der Waals surface area contributed by atoms with Crippen molar-refractivity contribution >= 4 is 11.6 Å². The average molecular weight is 369 g/mol. The van der Waals surface area contributed by atoms with Gasteiger partial charge in [-0.2, -0.15) is 5.10 Å². The van der Waals surface area contributed by atoms with Crippen LogP contribution in [0.15, 0.2) is 48.7 Å². The number of benzene rings is 2. The number of rotatable bonds is 3. The van der Waals surface area contributed by atoms with Gasteiger partial charge in [0.1, 0.15) is 11.5 Å². The van der Waals surface area contributed by atoms with E-state index in [0.717, 1.165) is 23.4 Å². The number of hydrogen-bond acceptors (Lipinski definition) is 3. The molecule has 0 radical (unpaired) electrons. The molecule has 7 heteroatoms. The molecule has 3 aromatic rings. The zero-order valence-electron chi connectivity index (χ0n) is 14.6. The zero-order valence-corrected chi connectivity index (χ0v) is 14.6. The van der Waals surface area contributed by atoms with Gasteiger partial charge in [0.25, 0.3) is 5.91 Å². The maximum atomic E-state index is 14.1. The fourth-order valence-corrected chi connectivity index (χ4v) is 3.50. The van der Waals surface area contributed by atoms with Crippen LogP contribution in [-0.2, 0) is 0 Å². The lowest BCUT2D eigenvalue weighted by Gasteiger charge is -2.17. The lowest BCUT2D eigenvalue weighted by Crippen LogP contribution is -2.30. The molecule has 1 aliphatic rings. The number of hydrogen-bond donors (Lipinski definition) is 1. The van der Waals surface area contributed by atoms with Crippen LogP contribution in [0.25, 0.3) is 5.69 Å². The van der Waals surface area contributed by atoms with E-state index in [2.05, 4.69) is 5.10 Å². The van der Waals surface area contributed by atoms with Crippen molar-refractivity contribution in [3.8, 4) is 5.69 Å². The summed E-state index contributed by atoms with van der Waals surface area (Å²) in [6.07, 6.45) is 1.38. The van der Waals surface area contributed by atoms with Crippen LogP contribution in [0.4, 0.5) is 14.5 Å². The van der Waals surface area contributed by atoms with E-state index in [4.69, 9.17) is 0 Å².